The van der Waals surface area contributed by atoms with Crippen LogP contribution in [0.1, 0.15) is 327 Å². The van der Waals surface area contributed by atoms with Gasteiger partial charge in [-0.15, -0.1) is 0 Å². The Labute approximate surface area is 818 Å². The molecule has 0 bridgehead atoms. The summed E-state index contributed by atoms with van der Waals surface area (Å²) < 4.78 is 639. The lowest BCUT2D eigenvalue weighted by molar-refractivity contribution is -0.161. The van der Waals surface area contributed by atoms with Crippen LogP contribution in [0.3, 0.4) is 0 Å². The van der Waals surface area contributed by atoms with Crippen LogP contribution in [0.15, 0.2) is 48.3 Å². The Balaban J connectivity index is 0.000000277. The van der Waals surface area contributed by atoms with E-state index in [0.717, 1.165) is 41.9 Å². The van der Waals surface area contributed by atoms with Crippen molar-refractivity contribution in [1.82, 2.24) is 19.6 Å². The third-order valence-corrected chi connectivity index (χ3v) is 21.1. The Hall–Kier alpha value is -7.16. The van der Waals surface area contributed by atoms with E-state index in [4.69, 9.17) is 176 Å². The molecule has 16 unspecified atom stereocenters. The predicted octanol–water partition coefficient (Wildman–Crippen LogP) is 14.3. The van der Waals surface area contributed by atoms with Crippen LogP contribution >= 0.6 is 0 Å². The molecule has 4 aromatic rings. The average molecular weight is 1750 g/mol. The van der Waals surface area contributed by atoms with Crippen LogP contribution in [0.4, 0.5) is 0 Å². The molecule has 24 heteroatoms. The second-order valence-electron chi connectivity index (χ2n) is 28.9. The van der Waals surface area contributed by atoms with Gasteiger partial charge in [-0.05, 0) is 191 Å². The fourth-order valence-electron chi connectivity index (χ4n) is 15.5. The number of carbonyl (C=O) groups is 4. The Morgan fingerprint density at radius 2 is 0.600 bits per heavy atom. The highest BCUT2D eigenvalue weighted by molar-refractivity contribution is 5.77. The van der Waals surface area contributed by atoms with Crippen molar-refractivity contribution in [2.45, 2.75) is 259 Å². The monoisotopic (exact) mass is 1740 g/mol. The number of benzene rings is 4. The van der Waals surface area contributed by atoms with Gasteiger partial charge in [0.1, 0.15) is 48.5 Å². The van der Waals surface area contributed by atoms with Gasteiger partial charge >= 0.3 is 23.9 Å². The second kappa shape index (κ2) is 43.9. The van der Waals surface area contributed by atoms with Crippen LogP contribution in [0.25, 0.3) is 0 Å². The summed E-state index contributed by atoms with van der Waals surface area (Å²) in [6.45, 7) is -42.2. The number of hydrogen-bond donors (Lipinski definition) is 4. The lowest BCUT2D eigenvalue weighted by Crippen LogP contribution is -2.51. The first kappa shape index (κ1) is 38.4. The van der Waals surface area contributed by atoms with Gasteiger partial charge in [0.25, 0.3) is 0 Å². The Morgan fingerprint density at radius 3 is 0.850 bits per heavy atom. The van der Waals surface area contributed by atoms with Gasteiger partial charge in [-0.2, -0.15) is 0 Å². The zero-order valence-electron chi connectivity index (χ0n) is 139. The lowest BCUT2D eigenvalue weighted by atomic mass is 9.79. The zero-order chi connectivity index (χ0) is 149. The number of rotatable bonds is 28. The van der Waals surface area contributed by atoms with E-state index in [1.807, 2.05) is 0 Å². The first-order valence-corrected chi connectivity index (χ1v) is 37.6. The molecule has 0 aromatic heterocycles. The van der Waals surface area contributed by atoms with E-state index in [2.05, 4.69) is 0 Å². The maximum absolute atomic E-state index is 13.6. The first-order chi connectivity index (χ1) is 84.9. The summed E-state index contributed by atoms with van der Waals surface area (Å²) in [5.41, 5.74) is 24.3. The molecular weight excluding hydrogens is 1520 g/mol. The van der Waals surface area contributed by atoms with E-state index < -0.39 is 382 Å². The number of piperidine rings is 4. The van der Waals surface area contributed by atoms with Gasteiger partial charge in [-0.3, -0.25) is 38.8 Å². The van der Waals surface area contributed by atoms with Crippen LogP contribution in [-0.2, 0) is 63.8 Å². The quantitative estimate of drug-likeness (QED) is 0.0303. The minimum Gasteiger partial charge on any atom is -0.493 e. The molecule has 0 aliphatic carbocycles. The molecule has 0 spiro atoms. The number of nitrogens with two attached hydrogens (primary N) is 4. The Morgan fingerprint density at radius 1 is 0.367 bits per heavy atom. The number of carbonyl (C=O) groups excluding carboxylic acids is 4. The van der Waals surface area contributed by atoms with Crippen LogP contribution in [0, 0.1) is 70.8 Å². The first-order valence-electron chi connectivity index (χ1n) is 73.1. The average Bonchev–Trinajstić information content (AvgIpc) is 0.689. The van der Waals surface area contributed by atoms with E-state index >= 15 is 0 Å². The van der Waals surface area contributed by atoms with Crippen LogP contribution in [0.5, 0.6) is 46.0 Å². The second-order valence-corrected chi connectivity index (χ2v) is 28.9. The van der Waals surface area contributed by atoms with Crippen molar-refractivity contribution in [3.8, 4) is 46.0 Å². The summed E-state index contributed by atoms with van der Waals surface area (Å²) in [6, 6.07) is -22.0. The van der Waals surface area contributed by atoms with Gasteiger partial charge in [-0.1, -0.05) is 110 Å². The fourth-order valence-corrected chi connectivity index (χ4v) is 15.5. The molecule has 4 fully saturated rings. The summed E-state index contributed by atoms with van der Waals surface area (Å²) >= 11 is 0. The highest BCUT2D eigenvalue weighted by Gasteiger charge is 2.47. The van der Waals surface area contributed by atoms with E-state index in [0.29, 0.717) is 11.1 Å². The largest absolute Gasteiger partial charge is 0.493 e. The number of methoxy groups -OCH3 is 8. The van der Waals surface area contributed by atoms with Gasteiger partial charge in [0.05, 0.1) is 82.8 Å². The molecule has 20 atom stereocenters. The van der Waals surface area contributed by atoms with Gasteiger partial charge in [-0.25, -0.2) is 0 Å². The molecule has 24 nitrogen and oxygen atoms in total. The summed E-state index contributed by atoms with van der Waals surface area (Å²) in [4.78, 5) is 60.7. The molecular formula is C96H152N8O16. The van der Waals surface area contributed by atoms with Crippen molar-refractivity contribution in [1.29, 1.82) is 0 Å². The molecule has 0 amide bonds. The predicted molar refractivity (Wildman–Crippen MR) is 471 cm³/mol. The highest BCUT2D eigenvalue weighted by Crippen LogP contribution is 2.50. The summed E-state index contributed by atoms with van der Waals surface area (Å²) in [6.07, 6.45) is -22.8. The van der Waals surface area contributed by atoms with Crippen molar-refractivity contribution in [3.05, 3.63) is 92.8 Å². The van der Waals surface area contributed by atoms with E-state index in [1.54, 1.807) is 19.6 Å². The van der Waals surface area contributed by atoms with Crippen molar-refractivity contribution in [2.24, 2.45) is 93.8 Å². The van der Waals surface area contributed by atoms with Gasteiger partial charge in [0.2, 0.25) is 0 Å². The van der Waals surface area contributed by atoms with E-state index in [1.165, 1.54) is 28.4 Å². The maximum Gasteiger partial charge on any atom is 0.323 e. The number of fused-ring (bicyclic) bond motifs is 12. The SMILES string of the molecule is [2H]c1c2c(c([2H])c(OC)c1OC([2H])([2H])[2H])C1CC(OC(=O)[C@@]([2H])(N)C([2H])(C([2H])([2H])[2H])C([2H])([2H])[2H])C(C([2H])([2H])C([2H])(C)C([2H])([2H])[2H])CN1CC2.[2H]c1c2c(c([2H])c(OC)c1OC([2H])([2H])[2H])C1CC(OC(=O)[C@@]([2H])(N)C([2H])(C([2H])([2H])[2H])C([2H])([2H])[2H])C(C([2H])([2H])C([2H])(C)C([2H])([2H])[2H])CN1CC2.[2H]c1c2c(c([2H])c(OC)c1OC)C1CC(OC(=O)[C@@]([2H])(N)C([2H])(C([2H])([2H])[2H])C([2H])([2H])[2H])C(C([2H])([2H])C([2H])(C)C([2H])([2H])[2H])CN1CC2.[2H]c1c2c(c([2H])c(OC)c1OC)C1CC([2H])(OC(=O)[C@@]([2H])(N)C([2H])(C([2H])([2H])[2H])C([2H])([2H])[2H])C(C([2H])([2H])C([2H])(C)C([2H])([2H])[2H])CN1CC2. The molecule has 12 rings (SSSR count). The van der Waals surface area contributed by atoms with Crippen molar-refractivity contribution in [2.75, 3.05) is 109 Å². The van der Waals surface area contributed by atoms with Crippen molar-refractivity contribution in [3.63, 3.8) is 0 Å². The van der Waals surface area contributed by atoms with Gasteiger partial charge in [0, 0.05) is 197 Å². The van der Waals surface area contributed by atoms with Crippen LogP contribution in [0.2, 0.25) is 0 Å². The molecule has 4 saturated heterocycles. The zero-order valence-corrected chi connectivity index (χ0v) is 67.8. The van der Waals surface area contributed by atoms with Crippen molar-refractivity contribution >= 4 is 23.9 Å². The minimum absolute atomic E-state index is 0.00131. The molecule has 0 saturated carbocycles. The summed E-state index contributed by atoms with van der Waals surface area (Å²) in [7, 11) is 1.21. The molecule has 8 N–H and O–H groups in total. The Kier molecular flexibility index (Phi) is 14.0. The number of esters is 4. The Bertz CT molecular complexity index is 7000. The molecule has 8 aliphatic rings. The van der Waals surface area contributed by atoms with Crippen LogP contribution < -0.4 is 60.8 Å². The van der Waals surface area contributed by atoms with E-state index in [9.17, 15) is 20.5 Å². The molecule has 8 heterocycles. The van der Waals surface area contributed by atoms with Crippen molar-refractivity contribution < 1.29 is 173 Å². The molecule has 120 heavy (non-hydrogen) atoms. The molecule has 0 radical (unpaired) electrons. The highest BCUT2D eigenvalue weighted by atomic mass is 16.6. The fraction of sp³-hybridized carbons (Fsp3) is 0.708. The standard InChI is InChI=1S/4C24H38N2O4/c4*1-14(2)9-17-13-26-8-7-16-10-21(28-5)22(29-6)11-18(16)19(26)12-20(17)30-24(27)23(25)15(3)4/h4*10-11,14-15,17,19-20,23H,7-9,12-13,25H2,1-6H3/t4*17?,19?,20?,23-/m0000/s1/i1D3,3D3,4D3,9D2,10D,11D,14D,15D,20D,23D;2*1D3,3D3,4D3,5D3,9D2,10D,11D,14D,15D,23D;1D3,3D3,4D3,9D2,10D,11D,14D,15D,23D/t4*14?,17?,19?,20?,23-. The van der Waals surface area contributed by atoms with Gasteiger partial charge < -0.3 is 79.8 Å². The molecule has 672 valence electrons. The molecule has 4 aromatic carbocycles. The van der Waals surface area contributed by atoms with Crippen LogP contribution in [-0.4, -0.2) is 201 Å². The summed E-state index contributed by atoms with van der Waals surface area (Å²) in [5.74, 6) is -45.0. The topological polar surface area (TPSA) is 296 Å². The third kappa shape index (κ3) is 23.8. The van der Waals surface area contributed by atoms with E-state index in [-0.39, 0.29) is 139 Å². The van der Waals surface area contributed by atoms with Gasteiger partial charge in [0.15, 0.2) is 46.0 Å². The number of ether oxygens (including phenoxy) is 12. The maximum atomic E-state index is 13.6. The summed E-state index contributed by atoms with van der Waals surface area (Å²) in [5, 5.41) is 0. The smallest absolute Gasteiger partial charge is 0.323 e. The lowest BCUT2D eigenvalue weighted by Gasteiger charge is -2.47. The third-order valence-electron chi connectivity index (χ3n) is 21.1. The minimum atomic E-state index is -4.02. The number of hydrogen-bond acceptors (Lipinski definition) is 24. The molecule has 8 aliphatic heterocycles. The number of nitrogens with zero attached hydrogens (tertiary/aromatic N) is 4. The normalized spacial score (nSPS) is 39.5.